The first-order chi connectivity index (χ1) is 11.3. The van der Waals surface area contributed by atoms with E-state index in [0.29, 0.717) is 5.92 Å². The second-order valence-electron chi connectivity index (χ2n) is 6.14. The van der Waals surface area contributed by atoms with E-state index in [2.05, 4.69) is 24.1 Å². The molecule has 24 heavy (non-hydrogen) atoms. The summed E-state index contributed by atoms with van der Waals surface area (Å²) >= 11 is 1.54. The Morgan fingerprint density at radius 3 is 2.46 bits per heavy atom. The fourth-order valence-corrected chi connectivity index (χ4v) is 3.14. The molecule has 1 amide bonds. The third-order valence-electron chi connectivity index (χ3n) is 3.60. The molecule has 0 spiro atoms. The number of carbonyl (C=O) groups excluding carboxylic acids is 1. The maximum Gasteiger partial charge on any atom is 0.305 e. The number of carboxylic acids is 1. The van der Waals surface area contributed by atoms with Crippen molar-refractivity contribution in [2.75, 3.05) is 0 Å². The molecule has 2 aromatic rings. The maximum absolute atomic E-state index is 12.3. The lowest BCUT2D eigenvalue weighted by molar-refractivity contribution is -0.137. The average Bonchev–Trinajstić information content (AvgIpc) is 2.95. The highest BCUT2D eigenvalue weighted by Gasteiger charge is 2.19. The molecule has 2 N–H and O–H groups in total. The zero-order chi connectivity index (χ0) is 17.7. The van der Waals surface area contributed by atoms with Crippen LogP contribution in [-0.2, 0) is 16.0 Å². The molecule has 1 heterocycles. The topological polar surface area (TPSA) is 79.3 Å². The zero-order valence-corrected chi connectivity index (χ0v) is 14.9. The number of rotatable bonds is 7. The van der Waals surface area contributed by atoms with Crippen molar-refractivity contribution in [1.29, 1.82) is 0 Å². The van der Waals surface area contributed by atoms with Crippen molar-refractivity contribution in [2.45, 2.75) is 45.6 Å². The number of aromatic nitrogens is 1. The Bertz CT molecular complexity index is 707. The van der Waals surface area contributed by atoms with E-state index < -0.39 is 12.0 Å². The van der Waals surface area contributed by atoms with Gasteiger partial charge in [-0.25, -0.2) is 4.98 Å². The van der Waals surface area contributed by atoms with E-state index in [1.54, 1.807) is 11.3 Å². The van der Waals surface area contributed by atoms with Crippen LogP contribution >= 0.6 is 11.3 Å². The Morgan fingerprint density at radius 2 is 1.92 bits per heavy atom. The van der Waals surface area contributed by atoms with Gasteiger partial charge in [-0.15, -0.1) is 11.3 Å². The lowest BCUT2D eigenvalue weighted by Crippen LogP contribution is -2.31. The minimum atomic E-state index is -0.948. The van der Waals surface area contributed by atoms with Crippen LogP contribution in [0.2, 0.25) is 0 Å². The number of aryl methyl sites for hydroxylation is 1. The van der Waals surface area contributed by atoms with E-state index in [1.165, 1.54) is 0 Å². The van der Waals surface area contributed by atoms with Crippen LogP contribution in [0.1, 0.15) is 54.1 Å². The van der Waals surface area contributed by atoms with Crippen molar-refractivity contribution in [3.05, 3.63) is 51.5 Å². The third kappa shape index (κ3) is 5.16. The number of carboxylic acid groups (broad SMARTS) is 1. The number of thiazole rings is 1. The number of carbonyl (C=O) groups is 2. The van der Waals surface area contributed by atoms with Gasteiger partial charge in [-0.3, -0.25) is 9.59 Å². The predicted molar refractivity (Wildman–Crippen MR) is 94.2 cm³/mol. The summed E-state index contributed by atoms with van der Waals surface area (Å²) < 4.78 is 0. The number of amides is 1. The van der Waals surface area contributed by atoms with Gasteiger partial charge in [0, 0.05) is 11.3 Å². The smallest absolute Gasteiger partial charge is 0.305 e. The minimum absolute atomic E-state index is 0.150. The van der Waals surface area contributed by atoms with Gasteiger partial charge in [0.1, 0.15) is 0 Å². The van der Waals surface area contributed by atoms with Crippen LogP contribution in [0.3, 0.4) is 0 Å². The highest BCUT2D eigenvalue weighted by Crippen LogP contribution is 2.21. The monoisotopic (exact) mass is 346 g/mol. The van der Waals surface area contributed by atoms with Crippen molar-refractivity contribution in [3.8, 4) is 0 Å². The van der Waals surface area contributed by atoms with Crippen LogP contribution in [0, 0.1) is 6.92 Å². The van der Waals surface area contributed by atoms with Crippen molar-refractivity contribution >= 4 is 23.2 Å². The summed E-state index contributed by atoms with van der Waals surface area (Å²) in [6.45, 7) is 6.08. The molecule has 6 heteroatoms. The van der Waals surface area contributed by atoms with Gasteiger partial charge in [0.2, 0.25) is 5.91 Å². The summed E-state index contributed by atoms with van der Waals surface area (Å²) in [5, 5.41) is 14.8. The van der Waals surface area contributed by atoms with Gasteiger partial charge >= 0.3 is 5.97 Å². The van der Waals surface area contributed by atoms with E-state index in [-0.39, 0.29) is 18.7 Å². The number of nitrogens with zero attached hydrogens (tertiary/aromatic N) is 1. The molecular weight excluding hydrogens is 324 g/mol. The molecule has 0 fully saturated rings. The Balaban J connectivity index is 2.06. The van der Waals surface area contributed by atoms with E-state index in [4.69, 9.17) is 5.11 Å². The van der Waals surface area contributed by atoms with Gasteiger partial charge in [0.15, 0.2) is 0 Å². The number of aliphatic carboxylic acids is 1. The van der Waals surface area contributed by atoms with Gasteiger partial charge in [0.25, 0.3) is 0 Å². The Hall–Kier alpha value is -2.21. The number of benzene rings is 1. The first kappa shape index (κ1) is 18.1. The molecule has 0 saturated heterocycles. The molecule has 1 aromatic carbocycles. The van der Waals surface area contributed by atoms with E-state index >= 15 is 0 Å². The van der Waals surface area contributed by atoms with Gasteiger partial charge in [-0.2, -0.15) is 0 Å². The SMILES string of the molecule is Cc1ccc([C@H](CC(=O)O)NC(=O)Cc2csc(C(C)C)n2)cc1. The lowest BCUT2D eigenvalue weighted by atomic mass is 10.0. The van der Waals surface area contributed by atoms with Crippen LogP contribution in [-0.4, -0.2) is 22.0 Å². The number of hydrogen-bond donors (Lipinski definition) is 2. The second-order valence-corrected chi connectivity index (χ2v) is 7.03. The predicted octanol–water partition coefficient (Wildman–Crippen LogP) is 3.45. The minimum Gasteiger partial charge on any atom is -0.481 e. The van der Waals surface area contributed by atoms with E-state index in [9.17, 15) is 9.59 Å². The standard InChI is InChI=1S/C18H22N2O3S/c1-11(2)18-19-14(10-24-18)8-16(21)20-15(9-17(22)23)13-6-4-12(3)5-7-13/h4-7,10-11,15H,8-9H2,1-3H3,(H,20,21)(H,22,23)/t15-/m0/s1. The van der Waals surface area contributed by atoms with Crippen molar-refractivity contribution in [3.63, 3.8) is 0 Å². The normalized spacial score (nSPS) is 12.2. The summed E-state index contributed by atoms with van der Waals surface area (Å²) in [5.74, 6) is -0.835. The molecular formula is C18H22N2O3S. The summed E-state index contributed by atoms with van der Waals surface area (Å²) in [5.41, 5.74) is 2.60. The summed E-state index contributed by atoms with van der Waals surface area (Å²) in [6, 6.07) is 6.97. The summed E-state index contributed by atoms with van der Waals surface area (Å²) in [7, 11) is 0. The van der Waals surface area contributed by atoms with Crippen LogP contribution in [0.4, 0.5) is 0 Å². The molecule has 1 aromatic heterocycles. The molecule has 128 valence electrons. The fourth-order valence-electron chi connectivity index (χ4n) is 2.30. The average molecular weight is 346 g/mol. The largest absolute Gasteiger partial charge is 0.481 e. The van der Waals surface area contributed by atoms with Crippen LogP contribution in [0.5, 0.6) is 0 Å². The van der Waals surface area contributed by atoms with Crippen molar-refractivity contribution < 1.29 is 14.7 Å². The molecule has 2 rings (SSSR count). The zero-order valence-electron chi connectivity index (χ0n) is 14.1. The van der Waals surface area contributed by atoms with Crippen molar-refractivity contribution in [2.24, 2.45) is 0 Å². The lowest BCUT2D eigenvalue weighted by Gasteiger charge is -2.17. The molecule has 0 aliphatic carbocycles. The summed E-state index contributed by atoms with van der Waals surface area (Å²) in [6.07, 6.45) is 0.00824. The molecule has 0 radical (unpaired) electrons. The molecule has 0 unspecified atom stereocenters. The highest BCUT2D eigenvalue weighted by molar-refractivity contribution is 7.09. The van der Waals surface area contributed by atoms with Crippen molar-refractivity contribution in [1.82, 2.24) is 10.3 Å². The van der Waals surface area contributed by atoms with E-state index in [0.717, 1.165) is 21.8 Å². The number of hydrogen-bond acceptors (Lipinski definition) is 4. The Morgan fingerprint density at radius 1 is 1.25 bits per heavy atom. The van der Waals surface area contributed by atoms with Gasteiger partial charge in [-0.05, 0) is 12.5 Å². The van der Waals surface area contributed by atoms with Gasteiger partial charge in [0.05, 0.1) is 29.6 Å². The first-order valence-electron chi connectivity index (χ1n) is 7.87. The fraction of sp³-hybridized carbons (Fsp3) is 0.389. The number of nitrogens with one attached hydrogen (secondary N) is 1. The Kier molecular flexibility index (Phi) is 6.09. The van der Waals surface area contributed by atoms with Gasteiger partial charge in [-0.1, -0.05) is 43.7 Å². The highest BCUT2D eigenvalue weighted by atomic mass is 32.1. The third-order valence-corrected chi connectivity index (χ3v) is 4.79. The molecule has 1 atom stereocenters. The molecule has 5 nitrogen and oxygen atoms in total. The van der Waals surface area contributed by atoms with Crippen LogP contribution < -0.4 is 5.32 Å². The van der Waals surface area contributed by atoms with E-state index in [1.807, 2.05) is 36.6 Å². The molecule has 0 bridgehead atoms. The van der Waals surface area contributed by atoms with Gasteiger partial charge < -0.3 is 10.4 Å². The second kappa shape index (κ2) is 8.06. The maximum atomic E-state index is 12.3. The molecule has 0 aliphatic heterocycles. The van der Waals surface area contributed by atoms with Crippen LogP contribution in [0.15, 0.2) is 29.6 Å². The van der Waals surface area contributed by atoms with Crippen LogP contribution in [0.25, 0.3) is 0 Å². The molecule has 0 saturated carbocycles. The quantitative estimate of drug-likeness (QED) is 0.805. The summed E-state index contributed by atoms with van der Waals surface area (Å²) in [4.78, 5) is 27.8. The Labute approximate surface area is 145 Å². The first-order valence-corrected chi connectivity index (χ1v) is 8.75. The molecule has 0 aliphatic rings.